The maximum Gasteiger partial charge on any atom is 0.336 e. The van der Waals surface area contributed by atoms with Gasteiger partial charge < -0.3 is 36.4 Å². The van der Waals surface area contributed by atoms with Crippen LogP contribution in [0.15, 0.2) is 107 Å². The van der Waals surface area contributed by atoms with Crippen LogP contribution in [0.1, 0.15) is 52.5 Å². The van der Waals surface area contributed by atoms with E-state index < -0.39 is 58.4 Å². The smallest absolute Gasteiger partial charge is 0.336 e. The highest BCUT2D eigenvalue weighted by Gasteiger charge is 2.35. The van der Waals surface area contributed by atoms with Gasteiger partial charge in [-0.3, -0.25) is 29.3 Å². The number of ketones is 1. The minimum atomic E-state index is -1.44. The quantitative estimate of drug-likeness (QED) is 0.0639. The number of hydrogen-bond donors (Lipinski definition) is 6. The Morgan fingerprint density at radius 3 is 2.36 bits per heavy atom. The number of aromatic carboxylic acids is 1. The molecule has 0 spiro atoms. The molecule has 2 aliphatic carbocycles. The van der Waals surface area contributed by atoms with E-state index in [-0.39, 0.29) is 101 Å². The number of nitro groups is 1. The topological polar surface area (TPSA) is 244 Å². The number of fused-ring (bicyclic) bond motifs is 1. The number of carbonyl (C=O) groups excluding carboxylic acids is 4. The van der Waals surface area contributed by atoms with Gasteiger partial charge in [0.15, 0.2) is 11.6 Å². The van der Waals surface area contributed by atoms with Crippen LogP contribution < -0.4 is 26.6 Å². The number of amides is 3. The van der Waals surface area contributed by atoms with Gasteiger partial charge in [-0.1, -0.05) is 31.2 Å². The number of ether oxygens (including phenoxy) is 1. The number of rotatable bonds is 16. The van der Waals surface area contributed by atoms with E-state index in [1.807, 2.05) is 6.07 Å². The summed E-state index contributed by atoms with van der Waals surface area (Å²) in [7, 11) is 0. The van der Waals surface area contributed by atoms with Gasteiger partial charge in [0.2, 0.25) is 23.6 Å². The number of carboxylic acids is 1. The Hall–Kier alpha value is -7.57. The highest BCUT2D eigenvalue weighted by molar-refractivity contribution is 6.06. The van der Waals surface area contributed by atoms with Gasteiger partial charge in [0.05, 0.1) is 16.9 Å². The Kier molecular flexibility index (Phi) is 12.6. The van der Waals surface area contributed by atoms with Gasteiger partial charge in [0, 0.05) is 72.9 Å². The molecule has 6 N–H and O–H groups in total. The van der Waals surface area contributed by atoms with Crippen LogP contribution in [0.2, 0.25) is 0 Å². The number of allylic oxidation sites excluding steroid dienone is 8. The minimum absolute atomic E-state index is 0.0124. The molecule has 3 aromatic rings. The predicted molar refractivity (Wildman–Crippen MR) is 208 cm³/mol. The molecule has 0 fully saturated rings. The van der Waals surface area contributed by atoms with Gasteiger partial charge in [-0.25, -0.2) is 18.6 Å². The van der Waals surface area contributed by atoms with E-state index in [9.17, 15) is 48.0 Å². The van der Waals surface area contributed by atoms with Crippen molar-refractivity contribution in [2.45, 2.75) is 26.2 Å². The number of halogens is 2. The first-order valence-corrected chi connectivity index (χ1v) is 18.2. The van der Waals surface area contributed by atoms with Crippen LogP contribution in [-0.2, 0) is 19.1 Å². The van der Waals surface area contributed by atoms with E-state index in [1.54, 1.807) is 31.2 Å². The molecular formula is C40H36F2N8O9. The van der Waals surface area contributed by atoms with Crippen LogP contribution >= 0.6 is 0 Å². The average Bonchev–Trinajstić information content (AvgIpc) is 3.20. The molecule has 6 rings (SSSR count). The van der Waals surface area contributed by atoms with Crippen molar-refractivity contribution >= 4 is 58.2 Å². The molecule has 0 bridgehead atoms. The first-order chi connectivity index (χ1) is 28.3. The summed E-state index contributed by atoms with van der Waals surface area (Å²) in [6.45, 7) is 1.60. The van der Waals surface area contributed by atoms with Gasteiger partial charge in [0.1, 0.15) is 23.5 Å². The lowest BCUT2D eigenvalue weighted by Crippen LogP contribution is -2.36. The Bertz CT molecular complexity index is 2410. The number of para-hydroxylation sites is 1. The summed E-state index contributed by atoms with van der Waals surface area (Å²) in [4.78, 5) is 81.4. The second-order valence-corrected chi connectivity index (χ2v) is 13.3. The van der Waals surface area contributed by atoms with Crippen LogP contribution in [0.25, 0.3) is 5.57 Å². The summed E-state index contributed by atoms with van der Waals surface area (Å²) in [6, 6.07) is 12.7. The van der Waals surface area contributed by atoms with E-state index >= 15 is 0 Å². The maximum atomic E-state index is 14.8. The first kappa shape index (κ1) is 41.1. The molecule has 2 aromatic carbocycles. The van der Waals surface area contributed by atoms with Gasteiger partial charge >= 0.3 is 11.7 Å². The summed E-state index contributed by atoms with van der Waals surface area (Å²) in [6.07, 6.45) is 3.98. The van der Waals surface area contributed by atoms with Crippen molar-refractivity contribution in [3.05, 3.63) is 134 Å². The highest BCUT2D eigenvalue weighted by Crippen LogP contribution is 2.46. The molecule has 1 aliphatic heterocycles. The predicted octanol–water partition coefficient (Wildman–Crippen LogP) is 4.93. The van der Waals surface area contributed by atoms with Crippen molar-refractivity contribution in [2.75, 3.05) is 36.8 Å². The molecular weight excluding hydrogens is 774 g/mol. The Labute approximate surface area is 334 Å². The van der Waals surface area contributed by atoms with Crippen molar-refractivity contribution in [1.29, 1.82) is 0 Å². The second kappa shape index (κ2) is 18.1. The standard InChI is InChI=1S/C40H36F2N8O9/c1-21-15-32-26(17-28(21)41)36(27-18-29(42)31(51)19-33(27)59-32)24-8-7-22(16-25(24)39(55)56)38(54)46-12-10-35(53)44-14-13-43-34(52)9-11-45-37-30(50(57)58)20-47-40(49-37)48-23-5-3-2-4-6-23/h2-8,15-18,20-21H,9-14,19H2,1H3,(H,43,52)(H,44,53)(H,46,54)(H,55,56)(H2,45,47,48,49). The van der Waals surface area contributed by atoms with Crippen LogP contribution in [0.5, 0.6) is 0 Å². The van der Waals surface area contributed by atoms with Crippen LogP contribution in [-0.4, -0.2) is 75.7 Å². The van der Waals surface area contributed by atoms with Crippen LogP contribution in [0.4, 0.5) is 31.9 Å². The lowest BCUT2D eigenvalue weighted by molar-refractivity contribution is -0.384. The zero-order valence-electron chi connectivity index (χ0n) is 31.3. The third-order valence-electron chi connectivity index (χ3n) is 9.14. The minimum Gasteiger partial charge on any atom is -0.478 e. The fourth-order valence-electron chi connectivity index (χ4n) is 6.20. The Morgan fingerprint density at radius 1 is 0.949 bits per heavy atom. The molecule has 0 saturated heterocycles. The SMILES string of the molecule is CC1C=C2OC3=C(C=C(F)C(=O)C3)C(c3ccc(C(=O)NCCC(=O)NCCNC(=O)CCNc4nc(Nc5ccccc5)ncc4[N+](=O)[O-])cc3C(=O)O)=C2C=C1F. The summed E-state index contributed by atoms with van der Waals surface area (Å²) in [5, 5.41) is 35.1. The molecule has 1 aromatic heterocycles. The summed E-state index contributed by atoms with van der Waals surface area (Å²) < 4.78 is 35.2. The third-order valence-corrected chi connectivity index (χ3v) is 9.14. The van der Waals surface area contributed by atoms with E-state index in [0.717, 1.165) is 18.3 Å². The Morgan fingerprint density at radius 2 is 1.66 bits per heavy atom. The lowest BCUT2D eigenvalue weighted by Gasteiger charge is -2.31. The normalized spacial score (nSPS) is 15.7. The van der Waals surface area contributed by atoms with Crippen molar-refractivity contribution in [3.63, 3.8) is 0 Å². The fourth-order valence-corrected chi connectivity index (χ4v) is 6.20. The van der Waals surface area contributed by atoms with Gasteiger partial charge in [0.25, 0.3) is 5.91 Å². The molecule has 0 radical (unpaired) electrons. The number of carboxylic acid groups (broad SMARTS) is 1. The van der Waals surface area contributed by atoms with E-state index in [4.69, 9.17) is 4.74 Å². The third kappa shape index (κ3) is 9.88. The largest absolute Gasteiger partial charge is 0.478 e. The molecule has 1 atom stereocenters. The van der Waals surface area contributed by atoms with Gasteiger partial charge in [-0.05, 0) is 48.1 Å². The number of hydrogen-bond acceptors (Lipinski definition) is 12. The zero-order valence-corrected chi connectivity index (χ0v) is 31.3. The van der Waals surface area contributed by atoms with E-state index in [1.165, 1.54) is 24.3 Å². The maximum absolute atomic E-state index is 14.8. The fraction of sp³-hybridized carbons (Fsp3) is 0.225. The van der Waals surface area contributed by atoms with Crippen molar-refractivity contribution in [3.8, 4) is 0 Å². The molecule has 19 heteroatoms. The molecule has 3 amide bonds. The van der Waals surface area contributed by atoms with E-state index in [0.29, 0.717) is 5.69 Å². The molecule has 1 unspecified atom stereocenters. The Balaban J connectivity index is 0.978. The number of Topliss-reactive ketones (excluding diaryl/α,β-unsaturated/α-hetero) is 1. The molecule has 304 valence electrons. The summed E-state index contributed by atoms with van der Waals surface area (Å²) in [5.74, 6) is -5.78. The highest BCUT2D eigenvalue weighted by atomic mass is 19.1. The first-order valence-electron chi connectivity index (χ1n) is 18.2. The molecule has 0 saturated carbocycles. The summed E-state index contributed by atoms with van der Waals surface area (Å²) in [5.41, 5.74) is 0.261. The number of nitrogens with one attached hydrogen (secondary N) is 5. The van der Waals surface area contributed by atoms with Crippen molar-refractivity contribution < 1.29 is 47.5 Å². The number of aromatic nitrogens is 2. The van der Waals surface area contributed by atoms with E-state index in [2.05, 4.69) is 36.6 Å². The second-order valence-electron chi connectivity index (χ2n) is 13.3. The van der Waals surface area contributed by atoms with Crippen molar-refractivity contribution in [2.24, 2.45) is 5.92 Å². The molecule has 3 aliphatic rings. The van der Waals surface area contributed by atoms with Gasteiger partial charge in [-0.2, -0.15) is 4.98 Å². The van der Waals surface area contributed by atoms with Crippen LogP contribution in [0, 0.1) is 16.0 Å². The number of anilines is 3. The molecule has 17 nitrogen and oxygen atoms in total. The average molecular weight is 811 g/mol. The number of carbonyl (C=O) groups is 5. The zero-order chi connectivity index (χ0) is 42.2. The van der Waals surface area contributed by atoms with Crippen LogP contribution in [0.3, 0.4) is 0 Å². The monoisotopic (exact) mass is 810 g/mol. The number of benzene rings is 2. The molecule has 2 heterocycles. The lowest BCUT2D eigenvalue weighted by atomic mass is 9.81. The molecule has 59 heavy (non-hydrogen) atoms. The summed E-state index contributed by atoms with van der Waals surface area (Å²) >= 11 is 0. The number of nitrogens with zero attached hydrogens (tertiary/aromatic N) is 3. The van der Waals surface area contributed by atoms with Crippen molar-refractivity contribution in [1.82, 2.24) is 25.9 Å². The van der Waals surface area contributed by atoms with Gasteiger partial charge in [-0.15, -0.1) is 0 Å².